The third-order valence-corrected chi connectivity index (χ3v) is 17.0. The number of phosphoric acid groups is 2. The zero-order chi connectivity index (χ0) is 61.5. The number of phosphoric ester groups is 2. The predicted octanol–water partition coefficient (Wildman–Crippen LogP) is 17.7. The first-order valence-electron chi connectivity index (χ1n) is 33.5. The largest absolute Gasteiger partial charge is 0.472 e. The molecule has 19 heteroatoms. The number of unbranched alkanes of at least 4 members (excludes halogenated alkanes) is 32. The fraction of sp³-hybridized carbons (Fsp3) is 0.938. The van der Waals surface area contributed by atoms with Gasteiger partial charge in [0.25, 0.3) is 0 Å². The molecule has 0 rings (SSSR count). The summed E-state index contributed by atoms with van der Waals surface area (Å²) in [6.45, 7) is 9.45. The number of aliphatic hydroxyl groups is 1. The van der Waals surface area contributed by atoms with Crippen LogP contribution in [-0.4, -0.2) is 96.7 Å². The first-order chi connectivity index (χ1) is 39.9. The summed E-state index contributed by atoms with van der Waals surface area (Å²) in [6.07, 6.45) is 39.0. The normalized spacial score (nSPS) is 14.6. The Morgan fingerprint density at radius 1 is 0.349 bits per heavy atom. The van der Waals surface area contributed by atoms with Gasteiger partial charge < -0.3 is 33.8 Å². The van der Waals surface area contributed by atoms with E-state index in [9.17, 15) is 43.2 Å². The lowest BCUT2D eigenvalue weighted by molar-refractivity contribution is -0.161. The van der Waals surface area contributed by atoms with Crippen molar-refractivity contribution < 1.29 is 80.2 Å². The maximum absolute atomic E-state index is 13.0. The number of carbonyl (C=O) groups is 4. The monoisotopic (exact) mass is 1230 g/mol. The van der Waals surface area contributed by atoms with E-state index in [1.165, 1.54) is 122 Å². The first kappa shape index (κ1) is 81.1. The smallest absolute Gasteiger partial charge is 0.462 e. The van der Waals surface area contributed by atoms with Gasteiger partial charge in [0.05, 0.1) is 26.4 Å². The lowest BCUT2D eigenvalue weighted by Crippen LogP contribution is -2.30. The van der Waals surface area contributed by atoms with Crippen molar-refractivity contribution >= 4 is 39.5 Å². The van der Waals surface area contributed by atoms with Crippen molar-refractivity contribution in [3.05, 3.63) is 0 Å². The molecule has 0 aromatic carbocycles. The van der Waals surface area contributed by atoms with E-state index in [-0.39, 0.29) is 25.7 Å². The summed E-state index contributed by atoms with van der Waals surface area (Å²) < 4.78 is 67.9. The molecule has 3 N–H and O–H groups in total. The van der Waals surface area contributed by atoms with Crippen LogP contribution in [0.15, 0.2) is 0 Å². The second-order valence-corrected chi connectivity index (χ2v) is 26.8. The molecule has 0 aromatic rings. The zero-order valence-corrected chi connectivity index (χ0v) is 55.3. The van der Waals surface area contributed by atoms with E-state index in [4.69, 9.17) is 37.0 Å². The van der Waals surface area contributed by atoms with Crippen LogP contribution in [0.4, 0.5) is 0 Å². The molecular formula is C64H124O17P2. The number of carbonyl (C=O) groups excluding carboxylic acids is 4. The molecule has 0 bridgehead atoms. The van der Waals surface area contributed by atoms with E-state index in [0.29, 0.717) is 25.7 Å². The summed E-state index contributed by atoms with van der Waals surface area (Å²) in [4.78, 5) is 72.1. The van der Waals surface area contributed by atoms with E-state index in [2.05, 4.69) is 41.5 Å². The van der Waals surface area contributed by atoms with Gasteiger partial charge in [0, 0.05) is 25.7 Å². The van der Waals surface area contributed by atoms with E-state index >= 15 is 0 Å². The van der Waals surface area contributed by atoms with Gasteiger partial charge in [0.15, 0.2) is 12.2 Å². The van der Waals surface area contributed by atoms with Gasteiger partial charge in [-0.15, -0.1) is 0 Å². The van der Waals surface area contributed by atoms with Crippen LogP contribution in [0.3, 0.4) is 0 Å². The molecule has 83 heavy (non-hydrogen) atoms. The Balaban J connectivity index is 5.21. The van der Waals surface area contributed by atoms with Gasteiger partial charge >= 0.3 is 39.5 Å². The summed E-state index contributed by atoms with van der Waals surface area (Å²) >= 11 is 0. The molecule has 6 atom stereocenters. The van der Waals surface area contributed by atoms with E-state index in [0.717, 1.165) is 115 Å². The fourth-order valence-electron chi connectivity index (χ4n) is 9.50. The predicted molar refractivity (Wildman–Crippen MR) is 331 cm³/mol. The quantitative estimate of drug-likeness (QED) is 0.0222. The molecule has 0 saturated carbocycles. The highest BCUT2D eigenvalue weighted by Crippen LogP contribution is 2.45. The molecule has 0 fully saturated rings. The highest BCUT2D eigenvalue weighted by Gasteiger charge is 2.30. The molecule has 0 aliphatic rings. The number of hydrogen-bond acceptors (Lipinski definition) is 15. The van der Waals surface area contributed by atoms with E-state index in [1.54, 1.807) is 0 Å². The zero-order valence-electron chi connectivity index (χ0n) is 53.5. The summed E-state index contributed by atoms with van der Waals surface area (Å²) in [7, 11) is -9.88. The summed E-state index contributed by atoms with van der Waals surface area (Å²) in [5.41, 5.74) is 0. The molecule has 3 unspecified atom stereocenters. The lowest BCUT2D eigenvalue weighted by atomic mass is 9.99. The maximum atomic E-state index is 13.0. The van der Waals surface area contributed by atoms with Gasteiger partial charge in [-0.3, -0.25) is 37.3 Å². The summed E-state index contributed by atoms with van der Waals surface area (Å²) in [6, 6.07) is 0. The van der Waals surface area contributed by atoms with Gasteiger partial charge in [0.2, 0.25) is 0 Å². The highest BCUT2D eigenvalue weighted by atomic mass is 31.2. The minimum absolute atomic E-state index is 0.105. The molecule has 492 valence electrons. The minimum Gasteiger partial charge on any atom is -0.462 e. The van der Waals surface area contributed by atoms with Crippen molar-refractivity contribution in [1.29, 1.82) is 0 Å². The molecule has 17 nitrogen and oxygen atoms in total. The summed E-state index contributed by atoms with van der Waals surface area (Å²) in [5, 5.41) is 10.5. The van der Waals surface area contributed by atoms with Gasteiger partial charge in [-0.25, -0.2) is 9.13 Å². The second-order valence-electron chi connectivity index (χ2n) is 23.9. The molecule has 0 aliphatic carbocycles. The Morgan fingerprint density at radius 2 is 0.614 bits per heavy atom. The number of esters is 4. The molecule has 0 aromatic heterocycles. The number of aliphatic hydroxyl groups excluding tert-OH is 1. The lowest BCUT2D eigenvalue weighted by Gasteiger charge is -2.21. The van der Waals surface area contributed by atoms with Gasteiger partial charge in [-0.2, -0.15) is 0 Å². The Kier molecular flexibility index (Phi) is 55.2. The SMILES string of the molecule is CCCCCCCCCCCC(=O)O[C@H](COC(=O)CCCCCCCCC)COP(=O)(O)OC[C@H](O)COP(=O)(O)OC[C@@H](COC(=O)CCCCCCCCCCC(C)CC)OC(=O)CCCCCCCCCCCCCCC(C)C. The number of rotatable bonds is 63. The van der Waals surface area contributed by atoms with Crippen LogP contribution in [-0.2, 0) is 65.4 Å². The van der Waals surface area contributed by atoms with Crippen LogP contribution in [0, 0.1) is 11.8 Å². The van der Waals surface area contributed by atoms with Crippen molar-refractivity contribution in [1.82, 2.24) is 0 Å². The van der Waals surface area contributed by atoms with Gasteiger partial charge in [-0.1, -0.05) is 266 Å². The third-order valence-electron chi connectivity index (χ3n) is 15.1. The van der Waals surface area contributed by atoms with Crippen LogP contribution in [0.25, 0.3) is 0 Å². The number of hydrogen-bond donors (Lipinski definition) is 3. The van der Waals surface area contributed by atoms with Crippen molar-refractivity contribution in [3.8, 4) is 0 Å². The minimum atomic E-state index is -4.94. The third kappa shape index (κ3) is 57.6. The Labute approximate surface area is 505 Å². The molecule has 0 saturated heterocycles. The molecule has 0 radical (unpaired) electrons. The molecule has 0 aliphatic heterocycles. The van der Waals surface area contributed by atoms with Crippen LogP contribution in [0.1, 0.15) is 318 Å². The van der Waals surface area contributed by atoms with Crippen molar-refractivity contribution in [3.63, 3.8) is 0 Å². The van der Waals surface area contributed by atoms with Crippen LogP contribution in [0.2, 0.25) is 0 Å². The van der Waals surface area contributed by atoms with Crippen molar-refractivity contribution in [2.75, 3.05) is 39.6 Å². The summed E-state index contributed by atoms with van der Waals surface area (Å²) in [5.74, 6) is -0.584. The Morgan fingerprint density at radius 3 is 0.916 bits per heavy atom. The first-order valence-corrected chi connectivity index (χ1v) is 36.5. The maximum Gasteiger partial charge on any atom is 0.472 e. The van der Waals surface area contributed by atoms with E-state index < -0.39 is 97.5 Å². The molecular weight excluding hydrogens is 1100 g/mol. The molecule has 0 amide bonds. The highest BCUT2D eigenvalue weighted by molar-refractivity contribution is 7.47. The van der Waals surface area contributed by atoms with Gasteiger partial charge in [-0.05, 0) is 37.5 Å². The molecule has 0 spiro atoms. The van der Waals surface area contributed by atoms with E-state index in [1.807, 2.05) is 0 Å². The average Bonchev–Trinajstić information content (AvgIpc) is 3.47. The van der Waals surface area contributed by atoms with Crippen molar-refractivity contribution in [2.45, 2.75) is 336 Å². The van der Waals surface area contributed by atoms with Crippen LogP contribution < -0.4 is 0 Å². The fourth-order valence-corrected chi connectivity index (χ4v) is 11.1. The van der Waals surface area contributed by atoms with Crippen LogP contribution >= 0.6 is 15.6 Å². The molecule has 0 heterocycles. The Bertz CT molecular complexity index is 1630. The van der Waals surface area contributed by atoms with Crippen LogP contribution in [0.5, 0.6) is 0 Å². The standard InChI is InChI=1S/C64H124O17P2/c1-7-10-12-14-16-21-30-36-42-48-63(68)80-59(52-74-61(66)46-40-34-26-15-13-11-8-2)54-78-82(70,71)76-50-58(65)51-77-83(72,73)79-55-60(53-75-62(67)47-41-35-29-25-24-28-33-39-45-57(6)9-3)81-64(69)49-43-37-31-23-20-18-17-19-22-27-32-38-44-56(4)5/h56-60,65H,7-55H2,1-6H3,(H,70,71)(H,72,73)/t57?,58-,59+,60+/m0/s1. The van der Waals surface area contributed by atoms with Crippen molar-refractivity contribution in [2.24, 2.45) is 11.8 Å². The topological polar surface area (TPSA) is 237 Å². The second kappa shape index (κ2) is 56.6. The van der Waals surface area contributed by atoms with Gasteiger partial charge in [0.1, 0.15) is 19.3 Å². The number of ether oxygens (including phenoxy) is 4. The average molecular weight is 1230 g/mol. The Hall–Kier alpha value is -1.94.